The molecule has 3 nitrogen and oxygen atoms in total. The molecule has 2 rings (SSSR count). The highest BCUT2D eigenvalue weighted by Gasteiger charge is 2.24. The van der Waals surface area contributed by atoms with Gasteiger partial charge in [-0.3, -0.25) is 4.79 Å². The van der Waals surface area contributed by atoms with Crippen LogP contribution in [0.3, 0.4) is 0 Å². The summed E-state index contributed by atoms with van der Waals surface area (Å²) in [4.78, 5) is 11.0. The van der Waals surface area contributed by atoms with Gasteiger partial charge >= 0.3 is 5.97 Å². The summed E-state index contributed by atoms with van der Waals surface area (Å²) in [7, 11) is 0. The molecule has 1 saturated carbocycles. The lowest BCUT2D eigenvalue weighted by molar-refractivity contribution is -0.138. The summed E-state index contributed by atoms with van der Waals surface area (Å²) in [6.07, 6.45) is 3.89. The molecule has 1 aromatic rings. The molecule has 4 atom stereocenters. The summed E-state index contributed by atoms with van der Waals surface area (Å²) in [6, 6.07) is 8.55. The molecule has 4 unspecified atom stereocenters. The quantitative estimate of drug-likeness (QED) is 0.867. The average molecular weight is 289 g/mol. The zero-order valence-corrected chi connectivity index (χ0v) is 13.3. The number of hydrogen-bond donors (Lipinski definition) is 2. The number of aliphatic carboxylic acids is 1. The molecule has 1 fully saturated rings. The van der Waals surface area contributed by atoms with Gasteiger partial charge < -0.3 is 10.4 Å². The third kappa shape index (κ3) is 4.31. The molecule has 0 amide bonds. The van der Waals surface area contributed by atoms with E-state index in [1.54, 1.807) is 6.92 Å². The Labute approximate surface area is 127 Å². The van der Waals surface area contributed by atoms with Gasteiger partial charge in [-0.05, 0) is 49.1 Å². The van der Waals surface area contributed by atoms with Crippen molar-refractivity contribution in [2.24, 2.45) is 11.8 Å². The zero-order valence-electron chi connectivity index (χ0n) is 13.3. The van der Waals surface area contributed by atoms with Crippen LogP contribution in [0.1, 0.15) is 57.1 Å². The number of benzene rings is 1. The van der Waals surface area contributed by atoms with E-state index in [9.17, 15) is 4.79 Å². The Morgan fingerprint density at radius 1 is 1.29 bits per heavy atom. The van der Waals surface area contributed by atoms with E-state index in [0.29, 0.717) is 6.04 Å². The van der Waals surface area contributed by atoms with Crippen molar-refractivity contribution in [3.05, 3.63) is 35.4 Å². The molecule has 2 N–H and O–H groups in total. The molecule has 1 aliphatic rings. The van der Waals surface area contributed by atoms with Crippen LogP contribution in [-0.2, 0) is 11.3 Å². The van der Waals surface area contributed by atoms with E-state index in [2.05, 4.69) is 19.2 Å². The highest BCUT2D eigenvalue weighted by molar-refractivity contribution is 5.75. The highest BCUT2D eigenvalue weighted by atomic mass is 16.4. The Balaban J connectivity index is 1.88. The maximum Gasteiger partial charge on any atom is 0.310 e. The van der Waals surface area contributed by atoms with Gasteiger partial charge in [0, 0.05) is 12.6 Å². The minimum absolute atomic E-state index is 0.438. The van der Waals surface area contributed by atoms with Gasteiger partial charge in [0.05, 0.1) is 5.92 Å². The summed E-state index contributed by atoms with van der Waals surface area (Å²) >= 11 is 0. The number of carbonyl (C=O) groups is 1. The molecule has 0 aromatic heterocycles. The first-order valence-corrected chi connectivity index (χ1v) is 8.02. The average Bonchev–Trinajstić information content (AvgIpc) is 2.46. The largest absolute Gasteiger partial charge is 0.481 e. The first-order valence-electron chi connectivity index (χ1n) is 8.02. The van der Waals surface area contributed by atoms with Gasteiger partial charge in [0.25, 0.3) is 0 Å². The van der Waals surface area contributed by atoms with Crippen LogP contribution in [0.25, 0.3) is 0 Å². The molecule has 0 saturated heterocycles. The minimum atomic E-state index is -0.772. The summed E-state index contributed by atoms with van der Waals surface area (Å²) in [5.74, 6) is 0.382. The Morgan fingerprint density at radius 2 is 1.95 bits per heavy atom. The van der Waals surface area contributed by atoms with Crippen LogP contribution in [0.5, 0.6) is 0 Å². The lowest BCUT2D eigenvalue weighted by atomic mass is 9.80. The topological polar surface area (TPSA) is 49.3 Å². The van der Waals surface area contributed by atoms with E-state index in [4.69, 9.17) is 5.11 Å². The number of carboxylic acids is 1. The van der Waals surface area contributed by atoms with Gasteiger partial charge in [-0.15, -0.1) is 0 Å². The molecule has 0 radical (unpaired) electrons. The maximum atomic E-state index is 11.0. The highest BCUT2D eigenvalue weighted by Crippen LogP contribution is 2.28. The first-order chi connectivity index (χ1) is 9.97. The Morgan fingerprint density at radius 3 is 2.52 bits per heavy atom. The molecule has 1 aliphatic carbocycles. The van der Waals surface area contributed by atoms with E-state index in [-0.39, 0.29) is 0 Å². The minimum Gasteiger partial charge on any atom is -0.481 e. The van der Waals surface area contributed by atoms with Crippen molar-refractivity contribution >= 4 is 5.97 Å². The van der Waals surface area contributed by atoms with Crippen LogP contribution >= 0.6 is 0 Å². The van der Waals surface area contributed by atoms with Crippen molar-refractivity contribution in [3.8, 4) is 0 Å². The van der Waals surface area contributed by atoms with Gasteiger partial charge in [0.15, 0.2) is 0 Å². The molecule has 116 valence electrons. The molecule has 1 aromatic carbocycles. The third-order valence-electron chi connectivity index (χ3n) is 4.85. The van der Waals surface area contributed by atoms with Crippen molar-refractivity contribution in [1.82, 2.24) is 5.32 Å². The predicted octanol–water partition coefficient (Wildman–Crippen LogP) is 3.79. The van der Waals surface area contributed by atoms with Crippen molar-refractivity contribution in [3.63, 3.8) is 0 Å². The van der Waals surface area contributed by atoms with Gasteiger partial charge in [0.1, 0.15) is 0 Å². The normalized spacial score (nSPS) is 27.3. The lowest BCUT2D eigenvalue weighted by Gasteiger charge is -2.33. The summed E-state index contributed by atoms with van der Waals surface area (Å²) in [5, 5.41) is 12.7. The number of nitrogens with one attached hydrogen (secondary N) is 1. The fraction of sp³-hybridized carbons (Fsp3) is 0.611. The monoisotopic (exact) mass is 289 g/mol. The van der Waals surface area contributed by atoms with E-state index in [1.807, 2.05) is 24.3 Å². The Hall–Kier alpha value is -1.35. The zero-order chi connectivity index (χ0) is 15.4. The molecule has 0 heterocycles. The molecule has 0 spiro atoms. The van der Waals surface area contributed by atoms with Crippen LogP contribution in [0.4, 0.5) is 0 Å². The molecule has 0 aliphatic heterocycles. The fourth-order valence-corrected chi connectivity index (χ4v) is 3.28. The van der Waals surface area contributed by atoms with Gasteiger partial charge in [-0.25, -0.2) is 0 Å². The van der Waals surface area contributed by atoms with E-state index in [0.717, 1.165) is 23.9 Å². The Kier molecular flexibility index (Phi) is 5.40. The van der Waals surface area contributed by atoms with Crippen LogP contribution in [0, 0.1) is 11.8 Å². The van der Waals surface area contributed by atoms with Crippen molar-refractivity contribution < 1.29 is 9.90 Å². The molecular weight excluding hydrogens is 262 g/mol. The smallest absolute Gasteiger partial charge is 0.310 e. The SMILES string of the molecule is CC1CCC(NCc2ccc(C(C)C(=O)O)cc2)C(C)C1. The Bertz CT molecular complexity index is 469. The second-order valence-corrected chi connectivity index (χ2v) is 6.68. The van der Waals surface area contributed by atoms with Gasteiger partial charge in [-0.2, -0.15) is 0 Å². The number of hydrogen-bond acceptors (Lipinski definition) is 2. The fourth-order valence-electron chi connectivity index (χ4n) is 3.28. The summed E-state index contributed by atoms with van der Waals surface area (Å²) < 4.78 is 0. The standard InChI is InChI=1S/C18H27NO2/c1-12-4-9-17(13(2)10-12)19-11-15-5-7-16(8-6-15)14(3)18(20)21/h5-8,12-14,17,19H,4,9-11H2,1-3H3,(H,20,21). The molecular formula is C18H27NO2. The molecule has 3 heteroatoms. The first kappa shape index (κ1) is 16.0. The van der Waals surface area contributed by atoms with E-state index < -0.39 is 11.9 Å². The van der Waals surface area contributed by atoms with E-state index >= 15 is 0 Å². The van der Waals surface area contributed by atoms with Crippen molar-refractivity contribution in [2.75, 3.05) is 0 Å². The second-order valence-electron chi connectivity index (χ2n) is 6.68. The maximum absolute atomic E-state index is 11.0. The summed E-state index contributed by atoms with van der Waals surface area (Å²) in [6.45, 7) is 7.27. The summed E-state index contributed by atoms with van der Waals surface area (Å²) in [5.41, 5.74) is 2.09. The van der Waals surface area contributed by atoms with Gasteiger partial charge in [0.2, 0.25) is 0 Å². The van der Waals surface area contributed by atoms with Crippen LogP contribution in [0.2, 0.25) is 0 Å². The van der Waals surface area contributed by atoms with Crippen molar-refractivity contribution in [1.29, 1.82) is 0 Å². The second kappa shape index (κ2) is 7.08. The van der Waals surface area contributed by atoms with Crippen LogP contribution in [0.15, 0.2) is 24.3 Å². The van der Waals surface area contributed by atoms with Crippen LogP contribution < -0.4 is 5.32 Å². The molecule has 0 bridgehead atoms. The number of rotatable bonds is 5. The van der Waals surface area contributed by atoms with Gasteiger partial charge in [-0.1, -0.05) is 38.1 Å². The lowest BCUT2D eigenvalue weighted by Crippen LogP contribution is -2.38. The van der Waals surface area contributed by atoms with Crippen molar-refractivity contribution in [2.45, 2.75) is 58.5 Å². The third-order valence-corrected chi connectivity index (χ3v) is 4.85. The molecule has 21 heavy (non-hydrogen) atoms. The number of carboxylic acid groups (broad SMARTS) is 1. The van der Waals surface area contributed by atoms with Crippen LogP contribution in [-0.4, -0.2) is 17.1 Å². The predicted molar refractivity (Wildman–Crippen MR) is 85.3 cm³/mol. The van der Waals surface area contributed by atoms with E-state index in [1.165, 1.54) is 24.8 Å².